The van der Waals surface area contributed by atoms with Gasteiger partial charge in [-0.05, 0) is 23.8 Å². The Balaban J connectivity index is 0.000000980. The summed E-state index contributed by atoms with van der Waals surface area (Å²) in [7, 11) is 0. The first-order chi connectivity index (χ1) is 6.31. The summed E-state index contributed by atoms with van der Waals surface area (Å²) in [5, 5.41) is 0.864. The molecule has 2 rings (SSSR count). The molecular weight excluding hydrogens is 226 g/mol. The molecule has 0 saturated heterocycles. The zero-order valence-corrected chi connectivity index (χ0v) is 8.59. The Kier molecular flexibility index (Phi) is 3.72. The predicted molar refractivity (Wildman–Crippen MR) is 49.9 cm³/mol. The minimum absolute atomic E-state index is 0. The van der Waals surface area contributed by atoms with Gasteiger partial charge in [-0.3, -0.25) is 0 Å². The summed E-state index contributed by atoms with van der Waals surface area (Å²) < 4.78 is 18.1. The number of halogens is 1. The van der Waals surface area contributed by atoms with Crippen LogP contribution in [0, 0.1) is 12.7 Å². The van der Waals surface area contributed by atoms with E-state index in [4.69, 9.17) is 4.42 Å². The first-order valence-corrected chi connectivity index (χ1v) is 4.26. The molecule has 77 valence electrons. The minimum atomic E-state index is -0.223. The van der Waals surface area contributed by atoms with Crippen LogP contribution >= 0.6 is 0 Å². The van der Waals surface area contributed by atoms with Crippen molar-refractivity contribution in [3.8, 4) is 0 Å². The van der Waals surface area contributed by atoms with Gasteiger partial charge >= 0.3 is 0 Å². The number of benzene rings is 1. The molecule has 1 heterocycles. The third-order valence-electron chi connectivity index (χ3n) is 2.06. The van der Waals surface area contributed by atoms with Crippen LogP contribution in [-0.2, 0) is 23.2 Å². The number of rotatable bonds is 2. The Hall–Kier alpha value is -0.804. The predicted octanol–water partition coefficient (Wildman–Crippen LogP) is 3.34. The summed E-state index contributed by atoms with van der Waals surface area (Å²) in [4.78, 5) is 0. The van der Waals surface area contributed by atoms with Gasteiger partial charge in [-0.1, -0.05) is 6.42 Å². The molecular formula is C11H10CoFO-. The van der Waals surface area contributed by atoms with Crippen LogP contribution in [0.4, 0.5) is 4.39 Å². The average molecular weight is 236 g/mol. The van der Waals surface area contributed by atoms with Crippen LogP contribution in [0.2, 0.25) is 0 Å². The van der Waals surface area contributed by atoms with Gasteiger partial charge in [0.15, 0.2) is 0 Å². The van der Waals surface area contributed by atoms with Crippen LogP contribution < -0.4 is 0 Å². The van der Waals surface area contributed by atoms with E-state index in [1.807, 2.05) is 0 Å². The van der Waals surface area contributed by atoms with Crippen molar-refractivity contribution in [3.05, 3.63) is 42.8 Å². The van der Waals surface area contributed by atoms with E-state index >= 15 is 0 Å². The standard InChI is InChI=1S/C11H10FO.Co/c1-2-3-8-7-13-11-5-4-9(12)6-10(8)11;/h4-7H,1-3H2;/q-1;. The summed E-state index contributed by atoms with van der Waals surface area (Å²) in [5.74, 6) is -0.223. The van der Waals surface area contributed by atoms with Crippen molar-refractivity contribution in [1.82, 2.24) is 0 Å². The topological polar surface area (TPSA) is 13.1 Å². The number of aryl methyl sites for hydroxylation is 1. The van der Waals surface area contributed by atoms with Crippen LogP contribution in [0.1, 0.15) is 12.0 Å². The molecule has 0 spiro atoms. The molecule has 14 heavy (non-hydrogen) atoms. The fourth-order valence-electron chi connectivity index (χ4n) is 1.44. The van der Waals surface area contributed by atoms with E-state index in [0.29, 0.717) is 0 Å². The fraction of sp³-hybridized carbons (Fsp3) is 0.182. The molecule has 0 N–H and O–H groups in total. The van der Waals surface area contributed by atoms with Crippen LogP contribution in [0.3, 0.4) is 0 Å². The van der Waals surface area contributed by atoms with Gasteiger partial charge in [0, 0.05) is 22.2 Å². The molecule has 1 aromatic carbocycles. The van der Waals surface area contributed by atoms with Gasteiger partial charge in [-0.2, -0.15) is 6.42 Å². The van der Waals surface area contributed by atoms with Gasteiger partial charge in [-0.25, -0.2) is 4.39 Å². The van der Waals surface area contributed by atoms with E-state index in [-0.39, 0.29) is 22.6 Å². The van der Waals surface area contributed by atoms with Crippen molar-refractivity contribution >= 4 is 11.0 Å². The number of fused-ring (bicyclic) bond motifs is 1. The second kappa shape index (κ2) is 4.62. The van der Waals surface area contributed by atoms with Gasteiger partial charge in [-0.15, -0.1) is 0 Å². The van der Waals surface area contributed by atoms with E-state index in [1.54, 1.807) is 12.3 Å². The van der Waals surface area contributed by atoms with Crippen LogP contribution in [-0.4, -0.2) is 0 Å². The maximum absolute atomic E-state index is 12.9. The monoisotopic (exact) mass is 236 g/mol. The Morgan fingerprint density at radius 1 is 1.36 bits per heavy atom. The zero-order valence-electron chi connectivity index (χ0n) is 7.55. The van der Waals surface area contributed by atoms with Gasteiger partial charge in [0.05, 0.1) is 6.26 Å². The van der Waals surface area contributed by atoms with Crippen molar-refractivity contribution < 1.29 is 25.6 Å². The van der Waals surface area contributed by atoms with Crippen molar-refractivity contribution in [2.45, 2.75) is 12.8 Å². The Bertz CT molecular complexity index is 422. The van der Waals surface area contributed by atoms with E-state index in [0.717, 1.165) is 29.4 Å². The minimum Gasteiger partial charge on any atom is -0.464 e. The number of hydrogen-bond donors (Lipinski definition) is 0. The molecule has 3 heteroatoms. The fourth-order valence-corrected chi connectivity index (χ4v) is 1.44. The van der Waals surface area contributed by atoms with Gasteiger partial charge in [0.2, 0.25) is 0 Å². The van der Waals surface area contributed by atoms with Gasteiger partial charge in [0.25, 0.3) is 0 Å². The molecule has 0 fully saturated rings. The van der Waals surface area contributed by atoms with E-state index < -0.39 is 0 Å². The summed E-state index contributed by atoms with van der Waals surface area (Å²) in [6.07, 6.45) is 3.30. The first kappa shape index (κ1) is 11.3. The van der Waals surface area contributed by atoms with Crippen LogP contribution in [0.25, 0.3) is 11.0 Å². The second-order valence-corrected chi connectivity index (χ2v) is 3.00. The van der Waals surface area contributed by atoms with Crippen LogP contribution in [0.15, 0.2) is 28.9 Å². The molecule has 0 amide bonds. The Morgan fingerprint density at radius 2 is 2.14 bits per heavy atom. The first-order valence-electron chi connectivity index (χ1n) is 4.26. The quantitative estimate of drug-likeness (QED) is 0.729. The Labute approximate surface area is 92.5 Å². The average Bonchev–Trinajstić information content (AvgIpc) is 2.49. The molecule has 0 aliphatic carbocycles. The third kappa shape index (κ3) is 1.99. The smallest absolute Gasteiger partial charge is 0.134 e. The maximum atomic E-state index is 12.9. The molecule has 0 saturated carbocycles. The molecule has 1 aromatic heterocycles. The van der Waals surface area contributed by atoms with E-state index in [1.165, 1.54) is 12.1 Å². The molecule has 0 bridgehead atoms. The van der Waals surface area contributed by atoms with E-state index in [9.17, 15) is 4.39 Å². The van der Waals surface area contributed by atoms with E-state index in [2.05, 4.69) is 6.92 Å². The Morgan fingerprint density at radius 3 is 2.86 bits per heavy atom. The van der Waals surface area contributed by atoms with Crippen molar-refractivity contribution in [3.63, 3.8) is 0 Å². The molecule has 1 radical (unpaired) electrons. The van der Waals surface area contributed by atoms with Crippen molar-refractivity contribution in [2.24, 2.45) is 0 Å². The third-order valence-corrected chi connectivity index (χ3v) is 2.06. The molecule has 0 aliphatic rings. The van der Waals surface area contributed by atoms with Gasteiger partial charge in [0.1, 0.15) is 11.4 Å². The molecule has 2 aromatic rings. The summed E-state index contributed by atoms with van der Waals surface area (Å²) >= 11 is 0. The number of hydrogen-bond acceptors (Lipinski definition) is 1. The normalized spacial score (nSPS) is 10.1. The zero-order chi connectivity index (χ0) is 9.26. The van der Waals surface area contributed by atoms with Crippen LogP contribution in [0.5, 0.6) is 0 Å². The maximum Gasteiger partial charge on any atom is 0.134 e. The molecule has 0 aliphatic heterocycles. The van der Waals surface area contributed by atoms with Crippen molar-refractivity contribution in [1.29, 1.82) is 0 Å². The molecule has 0 unspecified atom stereocenters. The summed E-state index contributed by atoms with van der Waals surface area (Å²) in [5.41, 5.74) is 1.77. The van der Waals surface area contributed by atoms with Crippen molar-refractivity contribution in [2.75, 3.05) is 0 Å². The second-order valence-electron chi connectivity index (χ2n) is 3.00. The summed E-state index contributed by atoms with van der Waals surface area (Å²) in [6, 6.07) is 4.56. The molecule has 1 nitrogen and oxygen atoms in total. The molecule has 0 atom stereocenters. The SMILES string of the molecule is [CH2-]CCc1coc2ccc(F)cc12.[Co]. The van der Waals surface area contributed by atoms with Gasteiger partial charge < -0.3 is 11.3 Å². The number of furan rings is 1. The summed E-state index contributed by atoms with van der Waals surface area (Å²) in [6.45, 7) is 3.75. The largest absolute Gasteiger partial charge is 0.464 e.